The highest BCUT2D eigenvalue weighted by Gasteiger charge is 2.31. The maximum Gasteiger partial charge on any atom is 0.225 e. The van der Waals surface area contributed by atoms with Crippen LogP contribution in [0.15, 0.2) is 54.9 Å². The van der Waals surface area contributed by atoms with Gasteiger partial charge in [-0.25, -0.2) is 9.97 Å². The molecule has 1 aliphatic rings. The number of hydrogen-bond donors (Lipinski definition) is 4. The zero-order valence-corrected chi connectivity index (χ0v) is 20.7. The molecular weight excluding hydrogens is 450 g/mol. The Morgan fingerprint density at radius 1 is 0.972 bits per heavy atom. The number of anilines is 4. The fourth-order valence-corrected chi connectivity index (χ4v) is 5.20. The first kappa shape index (κ1) is 22.0. The van der Waals surface area contributed by atoms with Gasteiger partial charge in [0, 0.05) is 46.6 Å². The zero-order valence-electron chi connectivity index (χ0n) is 20.7. The number of fused-ring (bicyclic) bond motifs is 3. The van der Waals surface area contributed by atoms with Crippen LogP contribution in [-0.2, 0) is 10.2 Å². The lowest BCUT2D eigenvalue weighted by Gasteiger charge is -2.32. The number of aromatic amines is 1. The number of amides is 1. The summed E-state index contributed by atoms with van der Waals surface area (Å²) in [4.78, 5) is 21.5. The number of rotatable bonds is 4. The molecule has 8 heteroatoms. The minimum Gasteiger partial charge on any atom is -0.371 e. The van der Waals surface area contributed by atoms with E-state index < -0.39 is 0 Å². The number of hydrogen-bond acceptors (Lipinski definition) is 6. The molecule has 180 valence electrons. The Balaban J connectivity index is 1.43. The Morgan fingerprint density at radius 3 is 2.64 bits per heavy atom. The summed E-state index contributed by atoms with van der Waals surface area (Å²) >= 11 is 0. The van der Waals surface area contributed by atoms with Gasteiger partial charge in [0.2, 0.25) is 5.91 Å². The molecule has 0 fully saturated rings. The molecule has 0 spiro atoms. The van der Waals surface area contributed by atoms with Crippen molar-refractivity contribution in [3.63, 3.8) is 0 Å². The van der Waals surface area contributed by atoms with Crippen molar-refractivity contribution in [3.8, 4) is 11.1 Å². The number of H-pyrrole nitrogens is 1. The monoisotopic (exact) mass is 477 g/mol. The first-order valence-electron chi connectivity index (χ1n) is 12.0. The van der Waals surface area contributed by atoms with Crippen molar-refractivity contribution >= 4 is 50.7 Å². The van der Waals surface area contributed by atoms with Crippen molar-refractivity contribution in [2.75, 3.05) is 23.0 Å². The van der Waals surface area contributed by atoms with E-state index in [1.807, 2.05) is 25.2 Å². The number of carbonyl (C=O) groups is 1. The Kier molecular flexibility index (Phi) is 4.93. The fourth-order valence-electron chi connectivity index (χ4n) is 5.20. The molecule has 4 N–H and O–H groups in total. The standard InChI is InChI=1S/C28H27N7O/c1-15-5-8-19-25(24(15)16-6-9-18-21(11-16)34-35-26(18)29-4)30-14-31-27(19)32-17-7-10-20-22(12-17)33-23(36)13-28(20,2)3/h5-12,14H,13H2,1-4H3,(H,33,36)(H2,29,34,35)(H,30,31,32). The van der Waals surface area contributed by atoms with Gasteiger partial charge in [0.1, 0.15) is 12.1 Å². The van der Waals surface area contributed by atoms with Crippen molar-refractivity contribution < 1.29 is 4.79 Å². The summed E-state index contributed by atoms with van der Waals surface area (Å²) in [5.74, 6) is 1.57. The molecule has 1 aliphatic heterocycles. The van der Waals surface area contributed by atoms with Crippen LogP contribution in [0, 0.1) is 6.92 Å². The molecule has 0 saturated carbocycles. The van der Waals surface area contributed by atoms with Crippen molar-refractivity contribution in [3.05, 3.63) is 66.0 Å². The molecule has 0 atom stereocenters. The van der Waals surface area contributed by atoms with E-state index in [2.05, 4.69) is 87.2 Å². The Morgan fingerprint density at radius 2 is 1.81 bits per heavy atom. The van der Waals surface area contributed by atoms with E-state index in [-0.39, 0.29) is 11.3 Å². The molecule has 3 aromatic carbocycles. The minimum absolute atomic E-state index is 0.0355. The fraction of sp³-hybridized carbons (Fsp3) is 0.214. The second-order valence-corrected chi connectivity index (χ2v) is 9.95. The molecule has 36 heavy (non-hydrogen) atoms. The molecule has 6 rings (SSSR count). The topological polar surface area (TPSA) is 108 Å². The lowest BCUT2D eigenvalue weighted by molar-refractivity contribution is -0.117. The van der Waals surface area contributed by atoms with Gasteiger partial charge >= 0.3 is 0 Å². The van der Waals surface area contributed by atoms with Gasteiger partial charge in [-0.1, -0.05) is 32.0 Å². The van der Waals surface area contributed by atoms with Crippen molar-refractivity contribution in [2.45, 2.75) is 32.6 Å². The van der Waals surface area contributed by atoms with Gasteiger partial charge in [-0.2, -0.15) is 5.10 Å². The van der Waals surface area contributed by atoms with E-state index in [1.165, 1.54) is 0 Å². The van der Waals surface area contributed by atoms with Crippen LogP contribution in [0.1, 0.15) is 31.4 Å². The normalized spacial score (nSPS) is 14.5. The Hall–Kier alpha value is -4.46. The second kappa shape index (κ2) is 8.05. The van der Waals surface area contributed by atoms with Gasteiger partial charge in [0.15, 0.2) is 5.82 Å². The molecule has 2 aromatic heterocycles. The highest BCUT2D eigenvalue weighted by Crippen LogP contribution is 2.40. The van der Waals surface area contributed by atoms with Crippen LogP contribution >= 0.6 is 0 Å². The third kappa shape index (κ3) is 3.53. The van der Waals surface area contributed by atoms with Crippen molar-refractivity contribution in [2.24, 2.45) is 0 Å². The van der Waals surface area contributed by atoms with Crippen molar-refractivity contribution in [1.29, 1.82) is 0 Å². The van der Waals surface area contributed by atoms with E-state index >= 15 is 0 Å². The molecule has 0 bridgehead atoms. The largest absolute Gasteiger partial charge is 0.371 e. The van der Waals surface area contributed by atoms with Gasteiger partial charge in [-0.3, -0.25) is 9.89 Å². The predicted molar refractivity (Wildman–Crippen MR) is 145 cm³/mol. The molecule has 5 aromatic rings. The van der Waals surface area contributed by atoms with Crippen LogP contribution < -0.4 is 16.0 Å². The van der Waals surface area contributed by atoms with Crippen LogP contribution in [0.5, 0.6) is 0 Å². The van der Waals surface area contributed by atoms with Crippen molar-refractivity contribution in [1.82, 2.24) is 20.2 Å². The number of aryl methyl sites for hydroxylation is 1. The minimum atomic E-state index is -0.200. The summed E-state index contributed by atoms with van der Waals surface area (Å²) in [6.45, 7) is 6.29. The van der Waals surface area contributed by atoms with Crippen LogP contribution in [0.3, 0.4) is 0 Å². The van der Waals surface area contributed by atoms with Gasteiger partial charge in [-0.15, -0.1) is 0 Å². The van der Waals surface area contributed by atoms with E-state index in [9.17, 15) is 4.79 Å². The first-order valence-corrected chi connectivity index (χ1v) is 12.0. The number of nitrogens with one attached hydrogen (secondary N) is 4. The molecule has 8 nitrogen and oxygen atoms in total. The highest BCUT2D eigenvalue weighted by atomic mass is 16.1. The number of carbonyl (C=O) groups excluding carboxylic acids is 1. The van der Waals surface area contributed by atoms with E-state index in [0.717, 1.165) is 61.3 Å². The first-order chi connectivity index (χ1) is 17.3. The quantitative estimate of drug-likeness (QED) is 0.257. The number of benzene rings is 3. The van der Waals surface area contributed by atoms with E-state index in [4.69, 9.17) is 0 Å². The predicted octanol–water partition coefficient (Wildman–Crippen LogP) is 5.89. The summed E-state index contributed by atoms with van der Waals surface area (Å²) in [5, 5.41) is 19.0. The summed E-state index contributed by atoms with van der Waals surface area (Å²) in [6.07, 6.45) is 2.07. The number of nitrogens with zero attached hydrogens (tertiary/aromatic N) is 3. The molecule has 0 unspecified atom stereocenters. The third-order valence-electron chi connectivity index (χ3n) is 6.99. The van der Waals surface area contributed by atoms with Crippen LogP contribution in [0.2, 0.25) is 0 Å². The summed E-state index contributed by atoms with van der Waals surface area (Å²) in [6, 6.07) is 16.5. The summed E-state index contributed by atoms with van der Waals surface area (Å²) in [7, 11) is 1.86. The SMILES string of the molecule is CNc1n[nH]c2cc(-c3c(C)ccc4c(Nc5ccc6c(c5)NC(=O)CC6(C)C)ncnc34)ccc12. The van der Waals surface area contributed by atoms with Crippen LogP contribution in [0.4, 0.5) is 23.0 Å². The van der Waals surface area contributed by atoms with E-state index in [1.54, 1.807) is 6.33 Å². The van der Waals surface area contributed by atoms with Gasteiger partial charge in [-0.05, 0) is 53.9 Å². The van der Waals surface area contributed by atoms with Gasteiger partial charge < -0.3 is 16.0 Å². The Labute approximate surface area is 208 Å². The molecule has 1 amide bonds. The summed E-state index contributed by atoms with van der Waals surface area (Å²) in [5.41, 5.74) is 7.69. The molecular formula is C28H27N7O. The van der Waals surface area contributed by atoms with Gasteiger partial charge in [0.05, 0.1) is 11.0 Å². The molecule has 0 saturated heterocycles. The summed E-state index contributed by atoms with van der Waals surface area (Å²) < 4.78 is 0. The average Bonchev–Trinajstić information content (AvgIpc) is 3.25. The van der Waals surface area contributed by atoms with Crippen LogP contribution in [0.25, 0.3) is 32.9 Å². The lowest BCUT2D eigenvalue weighted by Crippen LogP contribution is -2.32. The average molecular weight is 478 g/mol. The zero-order chi connectivity index (χ0) is 25.0. The molecule has 3 heterocycles. The lowest BCUT2D eigenvalue weighted by atomic mass is 9.78. The third-order valence-corrected chi connectivity index (χ3v) is 6.99. The maximum absolute atomic E-state index is 12.2. The van der Waals surface area contributed by atoms with Gasteiger partial charge in [0.25, 0.3) is 0 Å². The smallest absolute Gasteiger partial charge is 0.225 e. The number of aromatic nitrogens is 4. The molecule has 0 radical (unpaired) electrons. The maximum atomic E-state index is 12.2. The molecule has 0 aliphatic carbocycles. The van der Waals surface area contributed by atoms with E-state index in [0.29, 0.717) is 12.2 Å². The Bertz CT molecular complexity index is 1670. The highest BCUT2D eigenvalue weighted by molar-refractivity contribution is 6.03. The second-order valence-electron chi connectivity index (χ2n) is 9.95. The van der Waals surface area contributed by atoms with Crippen LogP contribution in [-0.4, -0.2) is 33.1 Å².